The van der Waals surface area contributed by atoms with Crippen LogP contribution in [0.15, 0.2) is 0 Å². The van der Waals surface area contributed by atoms with Gasteiger partial charge in [-0.2, -0.15) is 0 Å². The molecule has 0 unspecified atom stereocenters. The third-order valence-electron chi connectivity index (χ3n) is 1.35. The molecule has 0 aliphatic heterocycles. The van der Waals surface area contributed by atoms with Crippen LogP contribution >= 0.6 is 0 Å². The summed E-state index contributed by atoms with van der Waals surface area (Å²) in [6.07, 6.45) is 3.10. The molecule has 0 atom stereocenters. The van der Waals surface area contributed by atoms with E-state index in [1.165, 1.54) is 0 Å². The van der Waals surface area contributed by atoms with E-state index in [-0.39, 0.29) is 19.2 Å². The first kappa shape index (κ1) is 11.1. The number of carbonyl (C=O) groups is 2. The average molecular weight is 174 g/mol. The summed E-state index contributed by atoms with van der Waals surface area (Å²) in [5.41, 5.74) is 0. The minimum atomic E-state index is -0.347. The third-order valence-corrected chi connectivity index (χ3v) is 1.35. The van der Waals surface area contributed by atoms with E-state index < -0.39 is 0 Å². The summed E-state index contributed by atoms with van der Waals surface area (Å²) in [5, 5.41) is 8.41. The maximum Gasteiger partial charge on any atom is 0.306 e. The molecule has 1 N–H and O–H groups in total. The largest absolute Gasteiger partial charge is 0.458 e. The molecule has 0 heterocycles. The van der Waals surface area contributed by atoms with Gasteiger partial charge >= 0.3 is 5.97 Å². The van der Waals surface area contributed by atoms with Crippen molar-refractivity contribution in [2.24, 2.45) is 0 Å². The summed E-state index contributed by atoms with van der Waals surface area (Å²) in [4.78, 5) is 20.5. The van der Waals surface area contributed by atoms with Crippen LogP contribution in [-0.4, -0.2) is 30.6 Å². The van der Waals surface area contributed by atoms with Gasteiger partial charge in [0.15, 0.2) is 6.29 Å². The van der Waals surface area contributed by atoms with Gasteiger partial charge in [-0.3, -0.25) is 9.59 Å². The lowest BCUT2D eigenvalue weighted by Gasteiger charge is -1.99. The molecule has 0 aliphatic carbocycles. The van der Waals surface area contributed by atoms with Crippen LogP contribution in [0, 0.1) is 0 Å². The van der Waals surface area contributed by atoms with E-state index in [0.717, 1.165) is 6.42 Å². The van der Waals surface area contributed by atoms with Crippen LogP contribution in [0.5, 0.6) is 0 Å². The normalized spacial score (nSPS) is 9.42. The Morgan fingerprint density at radius 1 is 1.33 bits per heavy atom. The lowest BCUT2D eigenvalue weighted by molar-refractivity contribution is -0.145. The Morgan fingerprint density at radius 2 is 2.08 bits per heavy atom. The van der Waals surface area contributed by atoms with Crippen LogP contribution in [0.3, 0.4) is 0 Å². The van der Waals surface area contributed by atoms with E-state index in [1.807, 2.05) is 0 Å². The van der Waals surface area contributed by atoms with Gasteiger partial charge in [0, 0.05) is 13.0 Å². The van der Waals surface area contributed by atoms with Crippen LogP contribution in [0.4, 0.5) is 0 Å². The van der Waals surface area contributed by atoms with E-state index >= 15 is 0 Å². The number of aliphatic hydroxyl groups excluding tert-OH is 1. The van der Waals surface area contributed by atoms with Crippen molar-refractivity contribution in [1.29, 1.82) is 0 Å². The summed E-state index contributed by atoms with van der Waals surface area (Å²) in [7, 11) is 0. The Hall–Kier alpha value is -0.900. The Morgan fingerprint density at radius 3 is 2.67 bits per heavy atom. The zero-order valence-corrected chi connectivity index (χ0v) is 6.99. The number of hydrogen-bond donors (Lipinski definition) is 1. The van der Waals surface area contributed by atoms with Gasteiger partial charge < -0.3 is 9.84 Å². The van der Waals surface area contributed by atoms with Gasteiger partial charge in [-0.15, -0.1) is 0 Å². The smallest absolute Gasteiger partial charge is 0.306 e. The number of rotatable bonds is 7. The van der Waals surface area contributed by atoms with Gasteiger partial charge in [0.25, 0.3) is 0 Å². The van der Waals surface area contributed by atoms with Crippen molar-refractivity contribution in [1.82, 2.24) is 0 Å². The van der Waals surface area contributed by atoms with Gasteiger partial charge in [-0.1, -0.05) is 6.42 Å². The zero-order valence-electron chi connectivity index (χ0n) is 6.99. The quantitative estimate of drug-likeness (QED) is 0.342. The highest BCUT2D eigenvalue weighted by Gasteiger charge is 2.00. The Bertz CT molecular complexity index is 133. The second-order valence-electron chi connectivity index (χ2n) is 2.38. The van der Waals surface area contributed by atoms with Crippen LogP contribution in [0.1, 0.15) is 25.7 Å². The predicted molar refractivity (Wildman–Crippen MR) is 42.6 cm³/mol. The number of carbonyl (C=O) groups excluding carboxylic acids is 2. The first-order valence-corrected chi connectivity index (χ1v) is 4.01. The van der Waals surface area contributed by atoms with Crippen molar-refractivity contribution in [3.63, 3.8) is 0 Å². The van der Waals surface area contributed by atoms with Crippen molar-refractivity contribution in [2.75, 3.05) is 13.2 Å². The number of aldehydes is 1. The van der Waals surface area contributed by atoms with Gasteiger partial charge in [0.2, 0.25) is 0 Å². The minimum Gasteiger partial charge on any atom is -0.458 e. The standard InChI is InChI=1S/C8H14O4/c9-5-3-1-2-4-8(11)12-7-6-10/h6,9H,1-5,7H2. The van der Waals surface area contributed by atoms with Crippen molar-refractivity contribution >= 4 is 12.3 Å². The van der Waals surface area contributed by atoms with Crippen LogP contribution in [0.2, 0.25) is 0 Å². The molecule has 0 amide bonds. The van der Waals surface area contributed by atoms with Crippen LogP contribution < -0.4 is 0 Å². The third kappa shape index (κ3) is 7.21. The Labute approximate surface area is 71.5 Å². The molecule has 0 saturated carbocycles. The van der Waals surface area contributed by atoms with E-state index in [9.17, 15) is 9.59 Å². The van der Waals surface area contributed by atoms with E-state index in [1.54, 1.807) is 0 Å². The molecule has 0 aliphatic rings. The fraction of sp³-hybridized carbons (Fsp3) is 0.750. The minimum absolute atomic E-state index is 0.154. The number of aliphatic hydroxyl groups is 1. The lowest BCUT2D eigenvalue weighted by atomic mass is 10.2. The SMILES string of the molecule is O=CCOC(=O)CCCCCO. The highest BCUT2D eigenvalue weighted by atomic mass is 16.5. The predicted octanol–water partition coefficient (Wildman–Crippen LogP) is 0.281. The Kier molecular flexibility index (Phi) is 7.58. The van der Waals surface area contributed by atoms with E-state index in [4.69, 9.17) is 5.11 Å². The van der Waals surface area contributed by atoms with Crippen molar-refractivity contribution in [3.05, 3.63) is 0 Å². The van der Waals surface area contributed by atoms with Gasteiger partial charge in [-0.05, 0) is 12.8 Å². The monoisotopic (exact) mass is 174 g/mol. The van der Waals surface area contributed by atoms with Crippen molar-refractivity contribution < 1.29 is 19.4 Å². The zero-order chi connectivity index (χ0) is 9.23. The molecular formula is C8H14O4. The van der Waals surface area contributed by atoms with Crippen molar-refractivity contribution in [2.45, 2.75) is 25.7 Å². The summed E-state index contributed by atoms with van der Waals surface area (Å²) in [6.45, 7) is 0.00220. The lowest BCUT2D eigenvalue weighted by Crippen LogP contribution is -2.06. The van der Waals surface area contributed by atoms with Crippen molar-refractivity contribution in [3.8, 4) is 0 Å². The fourth-order valence-electron chi connectivity index (χ4n) is 0.757. The maximum absolute atomic E-state index is 10.7. The molecule has 0 aromatic rings. The van der Waals surface area contributed by atoms with E-state index in [0.29, 0.717) is 25.5 Å². The summed E-state index contributed by atoms with van der Waals surface area (Å²) < 4.78 is 4.50. The average Bonchev–Trinajstić information content (AvgIpc) is 2.09. The van der Waals surface area contributed by atoms with E-state index in [2.05, 4.69) is 4.74 Å². The topological polar surface area (TPSA) is 63.6 Å². The second-order valence-corrected chi connectivity index (χ2v) is 2.38. The molecule has 0 saturated heterocycles. The van der Waals surface area contributed by atoms with Gasteiger partial charge in [-0.25, -0.2) is 0 Å². The Balaban J connectivity index is 3.13. The molecule has 0 radical (unpaired) electrons. The van der Waals surface area contributed by atoms with Crippen LogP contribution in [0.25, 0.3) is 0 Å². The molecule has 0 aromatic carbocycles. The molecule has 70 valence electrons. The highest BCUT2D eigenvalue weighted by molar-refractivity contribution is 5.71. The number of hydrogen-bond acceptors (Lipinski definition) is 4. The number of ether oxygens (including phenoxy) is 1. The first-order valence-electron chi connectivity index (χ1n) is 4.01. The highest BCUT2D eigenvalue weighted by Crippen LogP contribution is 2.00. The maximum atomic E-state index is 10.7. The summed E-state index contributed by atoms with van der Waals surface area (Å²) in [5.74, 6) is -0.347. The summed E-state index contributed by atoms with van der Waals surface area (Å²) >= 11 is 0. The van der Waals surface area contributed by atoms with Gasteiger partial charge in [0.05, 0.1) is 0 Å². The molecular weight excluding hydrogens is 160 g/mol. The fourth-order valence-corrected chi connectivity index (χ4v) is 0.757. The number of unbranched alkanes of at least 4 members (excludes halogenated alkanes) is 2. The molecule has 0 rings (SSSR count). The molecule has 4 heteroatoms. The summed E-state index contributed by atoms with van der Waals surface area (Å²) in [6, 6.07) is 0. The first-order chi connectivity index (χ1) is 5.81. The second kappa shape index (κ2) is 8.20. The van der Waals surface area contributed by atoms with Crippen LogP contribution in [-0.2, 0) is 14.3 Å². The molecule has 4 nitrogen and oxygen atoms in total. The molecule has 0 fully saturated rings. The van der Waals surface area contributed by atoms with Gasteiger partial charge in [0.1, 0.15) is 6.61 Å². The molecule has 0 bridgehead atoms. The number of esters is 1. The molecule has 0 aromatic heterocycles. The molecule has 12 heavy (non-hydrogen) atoms. The molecule has 0 spiro atoms.